The van der Waals surface area contributed by atoms with Gasteiger partial charge in [0, 0.05) is 27.8 Å². The van der Waals surface area contributed by atoms with Crippen molar-refractivity contribution in [3.8, 4) is 0 Å². The number of halogens is 1. The second kappa shape index (κ2) is 5.63. The Bertz CT molecular complexity index is 334. The van der Waals surface area contributed by atoms with Crippen molar-refractivity contribution in [2.45, 2.75) is 44.2 Å². The molecule has 1 aromatic rings. The molecule has 0 radical (unpaired) electrons. The monoisotopic (exact) mass is 303 g/mol. The van der Waals surface area contributed by atoms with Gasteiger partial charge in [-0.3, -0.25) is 0 Å². The highest BCUT2D eigenvalue weighted by molar-refractivity contribution is 9.10. The molecule has 1 saturated carbocycles. The molecule has 0 saturated heterocycles. The van der Waals surface area contributed by atoms with Gasteiger partial charge in [0.05, 0.1) is 5.60 Å². The van der Waals surface area contributed by atoms with Crippen LogP contribution >= 0.6 is 27.3 Å². The Hall–Kier alpha value is 0.1000. The van der Waals surface area contributed by atoms with E-state index >= 15 is 0 Å². The Morgan fingerprint density at radius 3 is 2.75 bits per heavy atom. The van der Waals surface area contributed by atoms with Crippen LogP contribution in [0.1, 0.15) is 37.0 Å². The molecule has 0 spiro atoms. The Balaban J connectivity index is 1.74. The van der Waals surface area contributed by atoms with Gasteiger partial charge in [-0.05, 0) is 34.8 Å². The first-order valence-electron chi connectivity index (χ1n) is 5.84. The van der Waals surface area contributed by atoms with Crippen LogP contribution in [-0.4, -0.2) is 17.3 Å². The molecular formula is C12H18BrNOS. The van der Waals surface area contributed by atoms with E-state index in [1.165, 1.54) is 24.1 Å². The van der Waals surface area contributed by atoms with Crippen LogP contribution in [0.3, 0.4) is 0 Å². The summed E-state index contributed by atoms with van der Waals surface area (Å²) in [5.74, 6) is 0. The number of thiophene rings is 1. The minimum absolute atomic E-state index is 0.452. The third kappa shape index (κ3) is 3.55. The van der Waals surface area contributed by atoms with E-state index in [0.717, 1.165) is 30.4 Å². The molecule has 0 bridgehead atoms. The van der Waals surface area contributed by atoms with Crippen molar-refractivity contribution >= 4 is 27.3 Å². The fraction of sp³-hybridized carbons (Fsp3) is 0.667. The maximum Gasteiger partial charge on any atom is 0.0771 e. The van der Waals surface area contributed by atoms with Gasteiger partial charge in [0.2, 0.25) is 0 Å². The molecule has 0 unspecified atom stereocenters. The van der Waals surface area contributed by atoms with Crippen LogP contribution < -0.4 is 5.32 Å². The minimum atomic E-state index is -0.452. The molecule has 2 rings (SSSR count). The fourth-order valence-corrected chi connectivity index (χ4v) is 3.67. The Morgan fingerprint density at radius 1 is 1.38 bits per heavy atom. The largest absolute Gasteiger partial charge is 0.389 e. The highest BCUT2D eigenvalue weighted by atomic mass is 79.9. The van der Waals surface area contributed by atoms with Crippen LogP contribution in [0.15, 0.2) is 15.9 Å². The van der Waals surface area contributed by atoms with Crippen LogP contribution in [0.2, 0.25) is 0 Å². The van der Waals surface area contributed by atoms with Crippen molar-refractivity contribution in [2.75, 3.05) is 6.54 Å². The summed E-state index contributed by atoms with van der Waals surface area (Å²) in [7, 11) is 0. The molecule has 90 valence electrons. The lowest BCUT2D eigenvalue weighted by Crippen LogP contribution is -2.41. The summed E-state index contributed by atoms with van der Waals surface area (Å²) in [6.07, 6.45) is 5.52. The summed E-state index contributed by atoms with van der Waals surface area (Å²) in [6, 6.07) is 2.13. The van der Waals surface area contributed by atoms with Gasteiger partial charge in [-0.15, -0.1) is 11.3 Å². The quantitative estimate of drug-likeness (QED) is 0.894. The third-order valence-corrected chi connectivity index (χ3v) is 4.86. The van der Waals surface area contributed by atoms with E-state index in [1.807, 2.05) is 0 Å². The lowest BCUT2D eigenvalue weighted by molar-refractivity contribution is 0.00472. The van der Waals surface area contributed by atoms with E-state index in [0.29, 0.717) is 0 Å². The third-order valence-electron chi connectivity index (χ3n) is 3.16. The van der Waals surface area contributed by atoms with E-state index in [4.69, 9.17) is 0 Å². The summed E-state index contributed by atoms with van der Waals surface area (Å²) in [5, 5.41) is 15.7. The first-order chi connectivity index (χ1) is 7.68. The van der Waals surface area contributed by atoms with Crippen molar-refractivity contribution in [2.24, 2.45) is 0 Å². The second-order valence-electron chi connectivity index (χ2n) is 4.62. The molecule has 1 fully saturated rings. The molecular weight excluding hydrogens is 286 g/mol. The number of nitrogens with one attached hydrogen (secondary N) is 1. The summed E-state index contributed by atoms with van der Waals surface area (Å²) in [5.41, 5.74) is -0.452. The molecule has 16 heavy (non-hydrogen) atoms. The van der Waals surface area contributed by atoms with Crippen LogP contribution in [0.5, 0.6) is 0 Å². The van der Waals surface area contributed by atoms with Crippen LogP contribution in [0.25, 0.3) is 0 Å². The average Bonchev–Trinajstić information content (AvgIpc) is 2.65. The molecule has 0 amide bonds. The Labute approximate surface area is 109 Å². The van der Waals surface area contributed by atoms with Crippen molar-refractivity contribution in [1.82, 2.24) is 5.32 Å². The van der Waals surface area contributed by atoms with Gasteiger partial charge in [0.25, 0.3) is 0 Å². The second-order valence-corrected chi connectivity index (χ2v) is 6.53. The lowest BCUT2D eigenvalue weighted by atomic mass is 9.85. The first-order valence-corrected chi connectivity index (χ1v) is 7.51. The predicted octanol–water partition coefficient (Wildman–Crippen LogP) is 3.30. The maximum absolute atomic E-state index is 10.3. The van der Waals surface area contributed by atoms with Gasteiger partial charge < -0.3 is 10.4 Å². The number of rotatable bonds is 4. The molecule has 0 aromatic carbocycles. The van der Waals surface area contributed by atoms with E-state index in [1.54, 1.807) is 11.3 Å². The van der Waals surface area contributed by atoms with Crippen molar-refractivity contribution in [3.05, 3.63) is 20.8 Å². The normalized spacial score (nSPS) is 19.9. The van der Waals surface area contributed by atoms with E-state index in [2.05, 4.69) is 32.7 Å². The van der Waals surface area contributed by atoms with Crippen LogP contribution in [0.4, 0.5) is 0 Å². The summed E-state index contributed by atoms with van der Waals surface area (Å²) < 4.78 is 1.14. The zero-order valence-corrected chi connectivity index (χ0v) is 11.7. The molecule has 1 aromatic heterocycles. The first kappa shape index (κ1) is 12.6. The van der Waals surface area contributed by atoms with E-state index in [-0.39, 0.29) is 0 Å². The minimum Gasteiger partial charge on any atom is -0.389 e. The molecule has 0 aliphatic heterocycles. The summed E-state index contributed by atoms with van der Waals surface area (Å²) in [6.45, 7) is 1.58. The van der Waals surface area contributed by atoms with E-state index < -0.39 is 5.60 Å². The smallest absolute Gasteiger partial charge is 0.0771 e. The molecule has 1 aliphatic rings. The number of hydrogen-bond donors (Lipinski definition) is 2. The SMILES string of the molecule is OC1(CNCc2cc(Br)cs2)CCCCC1. The molecule has 2 nitrogen and oxygen atoms in total. The van der Waals surface area contributed by atoms with Gasteiger partial charge in [0.1, 0.15) is 0 Å². The van der Waals surface area contributed by atoms with Crippen molar-refractivity contribution in [3.63, 3.8) is 0 Å². The van der Waals surface area contributed by atoms with Gasteiger partial charge >= 0.3 is 0 Å². The fourth-order valence-electron chi connectivity index (χ4n) is 2.25. The highest BCUT2D eigenvalue weighted by Crippen LogP contribution is 2.27. The zero-order chi connectivity index (χ0) is 11.4. The molecule has 2 N–H and O–H groups in total. The maximum atomic E-state index is 10.3. The van der Waals surface area contributed by atoms with Gasteiger partial charge in [-0.1, -0.05) is 19.3 Å². The van der Waals surface area contributed by atoms with Gasteiger partial charge in [0.15, 0.2) is 0 Å². The van der Waals surface area contributed by atoms with Crippen LogP contribution in [-0.2, 0) is 6.54 Å². The average molecular weight is 304 g/mol. The zero-order valence-electron chi connectivity index (χ0n) is 9.34. The van der Waals surface area contributed by atoms with Crippen molar-refractivity contribution in [1.29, 1.82) is 0 Å². The standard InChI is InChI=1S/C12H18BrNOS/c13-10-6-11(16-8-10)7-14-9-12(15)4-2-1-3-5-12/h6,8,14-15H,1-5,7,9H2. The number of hydrogen-bond acceptors (Lipinski definition) is 3. The molecule has 0 atom stereocenters. The predicted molar refractivity (Wildman–Crippen MR) is 71.8 cm³/mol. The summed E-state index contributed by atoms with van der Waals surface area (Å²) in [4.78, 5) is 1.31. The Morgan fingerprint density at radius 2 is 2.12 bits per heavy atom. The highest BCUT2D eigenvalue weighted by Gasteiger charge is 2.28. The summed E-state index contributed by atoms with van der Waals surface area (Å²) >= 11 is 5.19. The topological polar surface area (TPSA) is 32.3 Å². The Kier molecular flexibility index (Phi) is 4.41. The van der Waals surface area contributed by atoms with Gasteiger partial charge in [-0.25, -0.2) is 0 Å². The molecule has 4 heteroatoms. The number of aliphatic hydroxyl groups is 1. The molecule has 1 aliphatic carbocycles. The lowest BCUT2D eigenvalue weighted by Gasteiger charge is -2.32. The van der Waals surface area contributed by atoms with E-state index in [9.17, 15) is 5.11 Å². The van der Waals surface area contributed by atoms with Crippen LogP contribution in [0, 0.1) is 0 Å². The van der Waals surface area contributed by atoms with Crippen molar-refractivity contribution < 1.29 is 5.11 Å². The molecule has 1 heterocycles. The van der Waals surface area contributed by atoms with Gasteiger partial charge in [-0.2, -0.15) is 0 Å².